The van der Waals surface area contributed by atoms with Crippen molar-refractivity contribution in [1.29, 1.82) is 0 Å². The van der Waals surface area contributed by atoms with E-state index in [9.17, 15) is 9.59 Å². The Morgan fingerprint density at radius 1 is 0.700 bits per heavy atom. The van der Waals surface area contributed by atoms with Gasteiger partial charge in [0.25, 0.3) is 0 Å². The molecule has 0 atom stereocenters. The van der Waals surface area contributed by atoms with Crippen LogP contribution in [-0.2, 0) is 25.5 Å². The first-order valence-electron chi connectivity index (χ1n) is 10.0. The molecule has 0 heterocycles. The number of rotatable bonds is 9. The van der Waals surface area contributed by atoms with Gasteiger partial charge in [0.15, 0.2) is 0 Å². The van der Waals surface area contributed by atoms with Crippen LogP contribution in [0, 0.1) is 0 Å². The Labute approximate surface area is 175 Å². The number of ether oxygens (including phenoxy) is 4. The predicted octanol–water partition coefficient (Wildman–Crippen LogP) is 4.44. The minimum Gasteiger partial charge on any atom is -0.489 e. The summed E-state index contributed by atoms with van der Waals surface area (Å²) in [4.78, 5) is 22.1. The van der Waals surface area contributed by atoms with Crippen LogP contribution in [0.5, 0.6) is 11.5 Å². The number of hydrogen-bond acceptors (Lipinski definition) is 6. The van der Waals surface area contributed by atoms with Gasteiger partial charge in [0.1, 0.15) is 37.9 Å². The Hall–Kier alpha value is -3.28. The summed E-state index contributed by atoms with van der Waals surface area (Å²) < 4.78 is 22.2. The molecule has 6 heteroatoms. The van der Waals surface area contributed by atoms with Crippen LogP contribution < -0.4 is 9.47 Å². The maximum atomic E-state index is 11.0. The third kappa shape index (κ3) is 5.00. The van der Waals surface area contributed by atoms with Gasteiger partial charge in [0, 0.05) is 35.4 Å². The largest absolute Gasteiger partial charge is 0.489 e. The number of benzene rings is 3. The number of carbonyl (C=O) groups is 2. The van der Waals surface area contributed by atoms with E-state index in [1.165, 1.54) is 19.4 Å². The smallest absolute Gasteiger partial charge is 0.302 e. The molecule has 158 valence electrons. The van der Waals surface area contributed by atoms with Crippen LogP contribution in [0.3, 0.4) is 0 Å². The van der Waals surface area contributed by atoms with Crippen molar-refractivity contribution < 1.29 is 28.5 Å². The van der Waals surface area contributed by atoms with Gasteiger partial charge in [0.2, 0.25) is 0 Å². The van der Waals surface area contributed by atoms with Gasteiger partial charge in [-0.1, -0.05) is 43.3 Å². The number of fused-ring (bicyclic) bond motifs is 2. The standard InChI is InChI=1S/C24H26O6/c1-4-18-9-10-21-22(15-18)24(30-14-12-28-17(3)26)20-8-6-5-7-19(20)23(21)29-13-11-27-16(2)25/h5-10,15H,4,11-14H2,1-3H3. The molecule has 3 aromatic carbocycles. The molecule has 0 aliphatic carbocycles. The van der Waals surface area contributed by atoms with Crippen molar-refractivity contribution in [1.82, 2.24) is 0 Å². The Balaban J connectivity index is 2.05. The molecule has 0 saturated heterocycles. The molecule has 3 aromatic rings. The highest BCUT2D eigenvalue weighted by atomic mass is 16.6. The molecule has 0 bridgehead atoms. The average Bonchev–Trinajstić information content (AvgIpc) is 2.74. The summed E-state index contributed by atoms with van der Waals surface area (Å²) in [6.07, 6.45) is 0.887. The van der Waals surface area contributed by atoms with E-state index in [4.69, 9.17) is 18.9 Å². The lowest BCUT2D eigenvalue weighted by atomic mass is 9.98. The minimum absolute atomic E-state index is 0.179. The number of aryl methyl sites for hydroxylation is 1. The highest BCUT2D eigenvalue weighted by molar-refractivity contribution is 6.11. The van der Waals surface area contributed by atoms with E-state index in [1.807, 2.05) is 30.3 Å². The molecule has 0 aliphatic rings. The van der Waals surface area contributed by atoms with Crippen LogP contribution in [0.15, 0.2) is 42.5 Å². The summed E-state index contributed by atoms with van der Waals surface area (Å²) in [5.74, 6) is 0.786. The second-order valence-electron chi connectivity index (χ2n) is 6.81. The van der Waals surface area contributed by atoms with E-state index in [1.54, 1.807) is 0 Å². The fourth-order valence-electron chi connectivity index (χ4n) is 3.34. The third-order valence-electron chi connectivity index (χ3n) is 4.67. The van der Waals surface area contributed by atoms with Gasteiger partial charge < -0.3 is 18.9 Å². The van der Waals surface area contributed by atoms with E-state index < -0.39 is 0 Å². The molecule has 0 spiro atoms. The van der Waals surface area contributed by atoms with Crippen molar-refractivity contribution in [2.24, 2.45) is 0 Å². The molecule has 0 amide bonds. The second kappa shape index (κ2) is 9.96. The van der Waals surface area contributed by atoms with E-state index in [2.05, 4.69) is 19.1 Å². The van der Waals surface area contributed by atoms with Gasteiger partial charge >= 0.3 is 11.9 Å². The van der Waals surface area contributed by atoms with Crippen LogP contribution in [-0.4, -0.2) is 38.4 Å². The highest BCUT2D eigenvalue weighted by Gasteiger charge is 2.17. The van der Waals surface area contributed by atoms with Gasteiger partial charge in [-0.05, 0) is 18.1 Å². The quantitative estimate of drug-likeness (QED) is 0.295. The Morgan fingerprint density at radius 2 is 1.20 bits per heavy atom. The molecular formula is C24H26O6. The van der Waals surface area contributed by atoms with Crippen molar-refractivity contribution in [3.8, 4) is 11.5 Å². The summed E-state index contributed by atoms with van der Waals surface area (Å²) in [5, 5.41) is 3.65. The van der Waals surface area contributed by atoms with Gasteiger partial charge in [-0.3, -0.25) is 9.59 Å². The molecule has 30 heavy (non-hydrogen) atoms. The van der Waals surface area contributed by atoms with Crippen molar-refractivity contribution >= 4 is 33.5 Å². The maximum Gasteiger partial charge on any atom is 0.302 e. The van der Waals surface area contributed by atoms with Crippen LogP contribution in [0.2, 0.25) is 0 Å². The SMILES string of the molecule is CCc1ccc2c(OCCOC(C)=O)c3ccccc3c(OCCOC(C)=O)c2c1. The van der Waals surface area contributed by atoms with Crippen LogP contribution in [0.25, 0.3) is 21.5 Å². The maximum absolute atomic E-state index is 11.0. The second-order valence-corrected chi connectivity index (χ2v) is 6.81. The van der Waals surface area contributed by atoms with Gasteiger partial charge in [-0.25, -0.2) is 0 Å². The zero-order chi connectivity index (χ0) is 21.5. The Morgan fingerprint density at radius 3 is 1.70 bits per heavy atom. The molecular weight excluding hydrogens is 384 g/mol. The van der Waals surface area contributed by atoms with E-state index in [0.29, 0.717) is 0 Å². The van der Waals surface area contributed by atoms with Crippen LogP contribution >= 0.6 is 0 Å². The predicted molar refractivity (Wildman–Crippen MR) is 115 cm³/mol. The Bertz CT molecular complexity index is 1060. The molecule has 0 radical (unpaired) electrons. The zero-order valence-corrected chi connectivity index (χ0v) is 17.5. The molecule has 0 N–H and O–H groups in total. The molecule has 0 unspecified atom stereocenters. The van der Waals surface area contributed by atoms with Gasteiger partial charge in [-0.2, -0.15) is 0 Å². The number of hydrogen-bond donors (Lipinski definition) is 0. The first-order valence-corrected chi connectivity index (χ1v) is 10.0. The fourth-order valence-corrected chi connectivity index (χ4v) is 3.34. The van der Waals surface area contributed by atoms with E-state index >= 15 is 0 Å². The first-order chi connectivity index (χ1) is 14.5. The zero-order valence-electron chi connectivity index (χ0n) is 17.5. The monoisotopic (exact) mass is 410 g/mol. The molecule has 6 nitrogen and oxygen atoms in total. The van der Waals surface area contributed by atoms with Crippen LogP contribution in [0.4, 0.5) is 0 Å². The Kier molecular flexibility index (Phi) is 7.12. The van der Waals surface area contributed by atoms with Crippen molar-refractivity contribution in [2.45, 2.75) is 27.2 Å². The third-order valence-corrected chi connectivity index (χ3v) is 4.67. The van der Waals surface area contributed by atoms with Gasteiger partial charge in [0.05, 0.1) is 0 Å². The lowest BCUT2D eigenvalue weighted by Crippen LogP contribution is -2.11. The molecule has 0 saturated carbocycles. The van der Waals surface area contributed by atoms with Crippen molar-refractivity contribution in [3.63, 3.8) is 0 Å². The molecule has 3 rings (SSSR count). The summed E-state index contributed by atoms with van der Waals surface area (Å²) in [6, 6.07) is 14.0. The number of carbonyl (C=O) groups excluding carboxylic acids is 2. The summed E-state index contributed by atoms with van der Waals surface area (Å²) in [6.45, 7) is 5.71. The van der Waals surface area contributed by atoms with Crippen LogP contribution in [0.1, 0.15) is 26.3 Å². The molecule has 0 aromatic heterocycles. The topological polar surface area (TPSA) is 71.1 Å². The van der Waals surface area contributed by atoms with Crippen molar-refractivity contribution in [3.05, 3.63) is 48.0 Å². The highest BCUT2D eigenvalue weighted by Crippen LogP contribution is 2.43. The first kappa shape index (κ1) is 21.4. The number of esters is 2. The summed E-state index contributed by atoms with van der Waals surface area (Å²) >= 11 is 0. The lowest BCUT2D eigenvalue weighted by Gasteiger charge is -2.18. The average molecular weight is 410 g/mol. The summed E-state index contributed by atoms with van der Waals surface area (Å²) in [5.41, 5.74) is 1.17. The minimum atomic E-state index is -0.336. The molecule has 0 fully saturated rings. The summed E-state index contributed by atoms with van der Waals surface area (Å²) in [7, 11) is 0. The van der Waals surface area contributed by atoms with E-state index in [-0.39, 0.29) is 38.4 Å². The normalized spacial score (nSPS) is 10.8. The van der Waals surface area contributed by atoms with E-state index in [0.717, 1.165) is 39.5 Å². The lowest BCUT2D eigenvalue weighted by molar-refractivity contribution is -0.142. The van der Waals surface area contributed by atoms with Gasteiger partial charge in [-0.15, -0.1) is 0 Å². The van der Waals surface area contributed by atoms with Crippen molar-refractivity contribution in [2.75, 3.05) is 26.4 Å². The molecule has 0 aliphatic heterocycles. The fraction of sp³-hybridized carbons (Fsp3) is 0.333.